The molecule has 0 amide bonds. The van der Waals surface area contributed by atoms with Crippen LogP contribution in [0.2, 0.25) is 0 Å². The number of likely N-dealkylation sites (N-methyl/N-ethyl adjacent to an activating group) is 1. The Hall–Kier alpha value is -4.36. The molecule has 0 atom stereocenters. The van der Waals surface area contributed by atoms with Crippen molar-refractivity contribution in [3.63, 3.8) is 0 Å². The van der Waals surface area contributed by atoms with Crippen LogP contribution in [0.4, 0.5) is 30.6 Å². The summed E-state index contributed by atoms with van der Waals surface area (Å²) in [4.78, 5) is 13.7. The molecular weight excluding hydrogens is 573 g/mol. The van der Waals surface area contributed by atoms with E-state index >= 15 is 0 Å². The van der Waals surface area contributed by atoms with E-state index in [0.29, 0.717) is 23.0 Å². The lowest BCUT2D eigenvalue weighted by atomic mass is 9.89. The Bertz CT molecular complexity index is 1770. The number of nitrogens with one attached hydrogen (secondary N) is 1. The van der Waals surface area contributed by atoms with Gasteiger partial charge >= 0.3 is 6.36 Å². The highest BCUT2D eigenvalue weighted by Gasteiger charge is 2.32. The molecule has 0 radical (unpaired) electrons. The summed E-state index contributed by atoms with van der Waals surface area (Å²) in [7, 11) is 2.19. The Labute approximate surface area is 251 Å². The number of ether oxygens (including phenoxy) is 1. The lowest BCUT2D eigenvalue weighted by Crippen LogP contribution is -2.49. The molecule has 0 bridgehead atoms. The fraction of sp³-hybridized carbons (Fsp3) is 0.387. The third-order valence-corrected chi connectivity index (χ3v) is 8.72. The van der Waals surface area contributed by atoms with Crippen molar-refractivity contribution in [2.45, 2.75) is 44.1 Å². The number of oxazole rings is 1. The van der Waals surface area contributed by atoms with Crippen molar-refractivity contribution in [2.24, 2.45) is 0 Å². The average molecular weight is 607 g/mol. The summed E-state index contributed by atoms with van der Waals surface area (Å²) < 4.78 is 49.5. The number of benzene rings is 2. The number of halogens is 3. The van der Waals surface area contributed by atoms with Gasteiger partial charge in [0.2, 0.25) is 0 Å². The second-order valence-electron chi connectivity index (χ2n) is 11.6. The summed E-state index contributed by atoms with van der Waals surface area (Å²) in [5.74, 6) is -0.363. The minimum Gasteiger partial charge on any atom is -0.423 e. The number of piperazine rings is 1. The highest BCUT2D eigenvalue weighted by atomic mass is 19.4. The van der Waals surface area contributed by atoms with Crippen molar-refractivity contribution < 1.29 is 22.3 Å². The van der Waals surface area contributed by atoms with E-state index in [1.54, 1.807) is 6.20 Å². The highest BCUT2D eigenvalue weighted by Crippen LogP contribution is 2.38. The molecular formula is C31H33F3N8O2. The monoisotopic (exact) mass is 606 g/mol. The second-order valence-corrected chi connectivity index (χ2v) is 11.6. The molecule has 13 heteroatoms. The van der Waals surface area contributed by atoms with Crippen LogP contribution < -0.4 is 15.8 Å². The summed E-state index contributed by atoms with van der Waals surface area (Å²) in [5, 5.41) is 9.06. The number of nitrogens with zero attached hydrogens (tertiary/aromatic N) is 6. The van der Waals surface area contributed by atoms with Crippen molar-refractivity contribution in [3.8, 4) is 17.0 Å². The van der Waals surface area contributed by atoms with Crippen LogP contribution in [-0.2, 0) is 0 Å². The minimum atomic E-state index is -4.79. The first-order chi connectivity index (χ1) is 21.2. The molecule has 1 saturated carbocycles. The molecule has 230 valence electrons. The van der Waals surface area contributed by atoms with Crippen molar-refractivity contribution in [3.05, 3.63) is 54.9 Å². The molecule has 2 aromatic carbocycles. The van der Waals surface area contributed by atoms with Gasteiger partial charge in [0, 0.05) is 49.5 Å². The number of rotatable bonds is 6. The van der Waals surface area contributed by atoms with E-state index in [1.807, 2.05) is 30.5 Å². The molecule has 2 aliphatic rings. The first kappa shape index (κ1) is 28.4. The molecule has 1 aliphatic heterocycles. The van der Waals surface area contributed by atoms with Gasteiger partial charge in [-0.05, 0) is 57.0 Å². The van der Waals surface area contributed by atoms with E-state index in [9.17, 15) is 13.2 Å². The Balaban J connectivity index is 1.09. The van der Waals surface area contributed by atoms with E-state index < -0.39 is 6.36 Å². The molecule has 1 saturated heterocycles. The van der Waals surface area contributed by atoms with Crippen molar-refractivity contribution in [1.29, 1.82) is 0 Å². The molecule has 5 aromatic rings. The summed E-state index contributed by atoms with van der Waals surface area (Å²) in [6.07, 6.45) is 3.13. The molecule has 3 aromatic heterocycles. The Kier molecular flexibility index (Phi) is 7.29. The Morgan fingerprint density at radius 1 is 0.955 bits per heavy atom. The number of anilines is 3. The van der Waals surface area contributed by atoms with Crippen LogP contribution in [0.3, 0.4) is 0 Å². The van der Waals surface area contributed by atoms with Crippen molar-refractivity contribution in [1.82, 2.24) is 29.5 Å². The van der Waals surface area contributed by atoms with Crippen LogP contribution in [0.15, 0.2) is 59.3 Å². The van der Waals surface area contributed by atoms with E-state index in [-0.39, 0.29) is 23.3 Å². The lowest BCUT2D eigenvalue weighted by Gasteiger charge is -2.41. The number of pyridine rings is 1. The first-order valence-corrected chi connectivity index (χ1v) is 14.8. The quantitative estimate of drug-likeness (QED) is 0.234. The largest absolute Gasteiger partial charge is 0.573 e. The van der Waals surface area contributed by atoms with Crippen molar-refractivity contribution in [2.75, 3.05) is 44.3 Å². The van der Waals surface area contributed by atoms with Crippen LogP contribution in [0.25, 0.3) is 33.3 Å². The maximum Gasteiger partial charge on any atom is 0.573 e. The van der Waals surface area contributed by atoms with Gasteiger partial charge in [0.1, 0.15) is 17.0 Å². The zero-order valence-corrected chi connectivity index (χ0v) is 24.2. The van der Waals surface area contributed by atoms with Crippen LogP contribution in [0.5, 0.6) is 5.75 Å². The number of hydrogen-bond acceptors (Lipinski definition) is 9. The third kappa shape index (κ3) is 5.76. The number of fused-ring (bicyclic) bond motifs is 2. The second kappa shape index (κ2) is 11.3. The fourth-order valence-corrected chi connectivity index (χ4v) is 6.44. The third-order valence-electron chi connectivity index (χ3n) is 8.72. The number of nitrogen functional groups attached to an aromatic ring is 1. The molecule has 0 unspecified atom stereocenters. The number of aromatic nitrogens is 4. The van der Waals surface area contributed by atoms with Gasteiger partial charge in [-0.25, -0.2) is 0 Å². The van der Waals surface area contributed by atoms with Gasteiger partial charge in [0.05, 0.1) is 35.0 Å². The number of nitrogens with two attached hydrogens (primary N) is 1. The van der Waals surface area contributed by atoms with Crippen LogP contribution >= 0.6 is 0 Å². The molecule has 2 fully saturated rings. The molecule has 44 heavy (non-hydrogen) atoms. The van der Waals surface area contributed by atoms with E-state index in [4.69, 9.17) is 15.2 Å². The molecule has 0 spiro atoms. The lowest BCUT2D eigenvalue weighted by molar-refractivity contribution is -0.274. The van der Waals surface area contributed by atoms with Gasteiger partial charge in [-0.15, -0.1) is 13.2 Å². The van der Waals surface area contributed by atoms with Gasteiger partial charge in [-0.3, -0.25) is 14.6 Å². The predicted octanol–water partition coefficient (Wildman–Crippen LogP) is 6.20. The topological polar surface area (TPSA) is 110 Å². The van der Waals surface area contributed by atoms with Crippen LogP contribution in [0, 0.1) is 0 Å². The predicted molar refractivity (Wildman–Crippen MR) is 162 cm³/mol. The minimum absolute atomic E-state index is 0.147. The Morgan fingerprint density at radius 2 is 1.68 bits per heavy atom. The van der Waals surface area contributed by atoms with E-state index in [0.717, 1.165) is 74.0 Å². The average Bonchev–Trinajstić information content (AvgIpc) is 3.59. The summed E-state index contributed by atoms with van der Waals surface area (Å²) in [6.45, 7) is 4.53. The van der Waals surface area contributed by atoms with Gasteiger partial charge < -0.3 is 25.1 Å². The Morgan fingerprint density at radius 3 is 2.41 bits per heavy atom. The smallest absolute Gasteiger partial charge is 0.423 e. The maximum atomic E-state index is 12.6. The van der Waals surface area contributed by atoms with Gasteiger partial charge in [-0.2, -0.15) is 10.1 Å². The molecule has 10 nitrogen and oxygen atoms in total. The fourth-order valence-electron chi connectivity index (χ4n) is 6.44. The SMILES string of the molecule is CN1CCN(C2CCC(n3nc(-c4ccc(Nc5nc6cc(OC(F)(F)F)ccc6o5)cc4)c4c(N)cncc43)CC2)CC1. The van der Waals surface area contributed by atoms with Crippen LogP contribution in [-0.4, -0.2) is 75.2 Å². The van der Waals surface area contributed by atoms with Gasteiger partial charge in [0.15, 0.2) is 5.58 Å². The van der Waals surface area contributed by atoms with Gasteiger partial charge in [-0.1, -0.05) is 12.1 Å². The number of hydrogen-bond donors (Lipinski definition) is 2. The van der Waals surface area contributed by atoms with E-state index in [2.05, 4.69) is 41.6 Å². The molecule has 7 rings (SSSR count). The molecule has 1 aliphatic carbocycles. The zero-order chi connectivity index (χ0) is 30.4. The van der Waals surface area contributed by atoms with E-state index in [1.165, 1.54) is 18.2 Å². The van der Waals surface area contributed by atoms with Crippen molar-refractivity contribution >= 4 is 39.4 Å². The normalized spacial score (nSPS) is 20.4. The molecule has 3 N–H and O–H groups in total. The van der Waals surface area contributed by atoms with Gasteiger partial charge in [0.25, 0.3) is 6.01 Å². The standard InChI is InChI=1S/C31H33F3N8O2/c1-40-12-14-41(15-13-40)21-6-8-22(9-7-21)42-26-18-36-17-24(35)28(26)29(39-42)19-2-4-20(5-3-19)37-30-38-25-16-23(44-31(32,33)34)10-11-27(25)43-30/h2-5,10-11,16-18,21-22H,6-9,12-15,35H2,1H3,(H,37,38). The summed E-state index contributed by atoms with van der Waals surface area (Å²) in [6, 6.07) is 12.4. The number of alkyl halides is 3. The highest BCUT2D eigenvalue weighted by molar-refractivity contribution is 6.01. The summed E-state index contributed by atoms with van der Waals surface area (Å²) >= 11 is 0. The molecule has 4 heterocycles. The summed E-state index contributed by atoms with van der Waals surface area (Å²) in [5.41, 5.74) is 10.9. The zero-order valence-electron chi connectivity index (χ0n) is 24.2. The maximum absolute atomic E-state index is 12.6. The van der Waals surface area contributed by atoms with Crippen LogP contribution in [0.1, 0.15) is 31.7 Å². The first-order valence-electron chi connectivity index (χ1n) is 14.8.